The summed E-state index contributed by atoms with van der Waals surface area (Å²) >= 11 is 0. The zero-order valence-corrected chi connectivity index (χ0v) is 10.6. The van der Waals surface area contributed by atoms with E-state index in [1.165, 1.54) is 18.5 Å². The largest absolute Gasteiger partial charge is 0.350 e. The number of rotatable bonds is 5. The van der Waals surface area contributed by atoms with Crippen LogP contribution >= 0.6 is 0 Å². The molecule has 18 heavy (non-hydrogen) atoms. The Morgan fingerprint density at radius 2 is 1.94 bits per heavy atom. The van der Waals surface area contributed by atoms with Gasteiger partial charge in [0.15, 0.2) is 0 Å². The molecule has 0 aliphatic carbocycles. The van der Waals surface area contributed by atoms with Crippen molar-refractivity contribution in [3.05, 3.63) is 42.2 Å². The van der Waals surface area contributed by atoms with E-state index in [9.17, 15) is 9.59 Å². The highest BCUT2D eigenvalue weighted by molar-refractivity contribution is 5.99. The summed E-state index contributed by atoms with van der Waals surface area (Å²) in [6, 6.07) is 1.55. The summed E-state index contributed by atoms with van der Waals surface area (Å²) in [5.41, 5.74) is 0.725. The molecule has 0 bridgehead atoms. The van der Waals surface area contributed by atoms with Crippen LogP contribution in [0.4, 0.5) is 0 Å². The minimum absolute atomic E-state index is 0.0377. The second-order valence-corrected chi connectivity index (χ2v) is 4.09. The second kappa shape index (κ2) is 6.54. The Hall–Kier alpha value is -2.17. The van der Waals surface area contributed by atoms with Gasteiger partial charge in [-0.05, 0) is 19.9 Å². The third-order valence-electron chi connectivity index (χ3n) is 2.09. The highest BCUT2D eigenvalue weighted by Crippen LogP contribution is 2.03. The van der Waals surface area contributed by atoms with Gasteiger partial charge < -0.3 is 10.6 Å². The molecule has 1 rings (SSSR count). The fourth-order valence-electron chi connectivity index (χ4n) is 1.30. The lowest BCUT2D eigenvalue weighted by Gasteiger charge is -2.08. The molecule has 1 aromatic rings. The zero-order valence-electron chi connectivity index (χ0n) is 10.6. The first kappa shape index (κ1) is 13.9. The van der Waals surface area contributed by atoms with E-state index in [1.54, 1.807) is 6.08 Å². The maximum Gasteiger partial charge on any atom is 0.253 e. The van der Waals surface area contributed by atoms with Gasteiger partial charge in [0.1, 0.15) is 0 Å². The van der Waals surface area contributed by atoms with Crippen molar-refractivity contribution >= 4 is 11.8 Å². The quantitative estimate of drug-likeness (QED) is 0.766. The fraction of sp³-hybridized carbons (Fsp3) is 0.308. The number of aromatic nitrogens is 1. The normalized spacial score (nSPS) is 9.94. The van der Waals surface area contributed by atoms with E-state index in [0.29, 0.717) is 17.7 Å². The topological polar surface area (TPSA) is 71.1 Å². The molecule has 0 saturated carbocycles. The third-order valence-corrected chi connectivity index (χ3v) is 2.09. The Balaban J connectivity index is 2.81. The number of amides is 2. The highest BCUT2D eigenvalue weighted by atomic mass is 16.2. The molecule has 5 heteroatoms. The Kier molecular flexibility index (Phi) is 5.05. The first-order valence-corrected chi connectivity index (χ1v) is 5.69. The van der Waals surface area contributed by atoms with E-state index >= 15 is 0 Å². The molecular weight excluding hydrogens is 230 g/mol. The lowest BCUT2D eigenvalue weighted by atomic mass is 10.2. The molecule has 5 nitrogen and oxygen atoms in total. The average Bonchev–Trinajstić information content (AvgIpc) is 2.35. The monoisotopic (exact) mass is 247 g/mol. The van der Waals surface area contributed by atoms with E-state index in [-0.39, 0.29) is 17.9 Å². The van der Waals surface area contributed by atoms with E-state index in [1.807, 2.05) is 13.8 Å². The van der Waals surface area contributed by atoms with Gasteiger partial charge in [-0.25, -0.2) is 0 Å². The first-order valence-electron chi connectivity index (χ1n) is 5.69. The summed E-state index contributed by atoms with van der Waals surface area (Å²) < 4.78 is 0. The lowest BCUT2D eigenvalue weighted by Crippen LogP contribution is -2.30. The van der Waals surface area contributed by atoms with Crippen LogP contribution in [-0.4, -0.2) is 29.4 Å². The number of nitrogens with one attached hydrogen (secondary N) is 2. The standard InChI is InChI=1S/C13H17N3O2/c1-4-5-15-12(17)10-6-11(8-14-7-10)13(18)16-9(2)3/h4,6-9H,1,5H2,2-3H3,(H,15,17)(H,16,18). The van der Waals surface area contributed by atoms with Crippen LogP contribution in [0, 0.1) is 0 Å². The predicted octanol–water partition coefficient (Wildman–Crippen LogP) is 1.14. The minimum atomic E-state index is -0.276. The van der Waals surface area contributed by atoms with Crippen LogP contribution in [-0.2, 0) is 0 Å². The van der Waals surface area contributed by atoms with Crippen LogP contribution in [0.3, 0.4) is 0 Å². The van der Waals surface area contributed by atoms with E-state index in [0.717, 1.165) is 0 Å². The maximum absolute atomic E-state index is 11.7. The number of hydrogen-bond acceptors (Lipinski definition) is 3. The summed E-state index contributed by atoms with van der Waals surface area (Å²) in [4.78, 5) is 27.3. The molecule has 0 fully saturated rings. The Morgan fingerprint density at radius 3 is 2.50 bits per heavy atom. The van der Waals surface area contributed by atoms with Crippen molar-refractivity contribution in [1.29, 1.82) is 0 Å². The molecule has 0 saturated heterocycles. The molecule has 0 radical (unpaired) electrons. The summed E-state index contributed by atoms with van der Waals surface area (Å²) in [5.74, 6) is -0.516. The van der Waals surface area contributed by atoms with Gasteiger partial charge in [0.05, 0.1) is 11.1 Å². The SMILES string of the molecule is C=CCNC(=O)c1cncc(C(=O)NC(C)C)c1. The van der Waals surface area contributed by atoms with Gasteiger partial charge in [-0.1, -0.05) is 6.08 Å². The van der Waals surface area contributed by atoms with E-state index in [4.69, 9.17) is 0 Å². The molecule has 0 aliphatic heterocycles. The molecule has 0 spiro atoms. The van der Waals surface area contributed by atoms with E-state index < -0.39 is 0 Å². The van der Waals surface area contributed by atoms with Gasteiger partial charge >= 0.3 is 0 Å². The number of nitrogens with zero attached hydrogens (tertiary/aromatic N) is 1. The maximum atomic E-state index is 11.7. The molecule has 1 aromatic heterocycles. The number of hydrogen-bond donors (Lipinski definition) is 2. The zero-order chi connectivity index (χ0) is 13.5. The molecule has 0 aromatic carbocycles. The summed E-state index contributed by atoms with van der Waals surface area (Å²) in [7, 11) is 0. The van der Waals surface area contributed by atoms with E-state index in [2.05, 4.69) is 22.2 Å². The van der Waals surface area contributed by atoms with Gasteiger partial charge in [0, 0.05) is 25.0 Å². The molecule has 1 heterocycles. The van der Waals surface area contributed by atoms with Gasteiger partial charge in [0.25, 0.3) is 11.8 Å². The van der Waals surface area contributed by atoms with Gasteiger partial charge in [0.2, 0.25) is 0 Å². The second-order valence-electron chi connectivity index (χ2n) is 4.09. The summed E-state index contributed by atoms with van der Waals surface area (Å²) in [5, 5.41) is 5.37. The highest BCUT2D eigenvalue weighted by Gasteiger charge is 2.11. The first-order chi connectivity index (χ1) is 8.54. The van der Waals surface area contributed by atoms with Crippen LogP contribution in [0.15, 0.2) is 31.1 Å². The van der Waals surface area contributed by atoms with Crippen molar-refractivity contribution in [2.75, 3.05) is 6.54 Å². The predicted molar refractivity (Wildman–Crippen MR) is 69.4 cm³/mol. The smallest absolute Gasteiger partial charge is 0.253 e. The molecule has 0 unspecified atom stereocenters. The van der Waals surface area contributed by atoms with Crippen LogP contribution in [0.5, 0.6) is 0 Å². The third kappa shape index (κ3) is 4.01. The Morgan fingerprint density at radius 1 is 1.33 bits per heavy atom. The number of pyridine rings is 1. The lowest BCUT2D eigenvalue weighted by molar-refractivity contribution is 0.0942. The number of carbonyl (C=O) groups excluding carboxylic acids is 2. The molecule has 0 atom stereocenters. The van der Waals surface area contributed by atoms with Crippen molar-refractivity contribution in [2.45, 2.75) is 19.9 Å². The molecule has 96 valence electrons. The summed E-state index contributed by atoms with van der Waals surface area (Å²) in [6.07, 6.45) is 4.44. The van der Waals surface area contributed by atoms with Crippen LogP contribution in [0.25, 0.3) is 0 Å². The van der Waals surface area contributed by atoms with Crippen molar-refractivity contribution in [3.63, 3.8) is 0 Å². The molecular formula is C13H17N3O2. The minimum Gasteiger partial charge on any atom is -0.350 e. The van der Waals surface area contributed by atoms with Crippen LogP contribution in [0.1, 0.15) is 34.6 Å². The fourth-order valence-corrected chi connectivity index (χ4v) is 1.30. The van der Waals surface area contributed by atoms with Gasteiger partial charge in [-0.3, -0.25) is 14.6 Å². The van der Waals surface area contributed by atoms with Crippen molar-refractivity contribution < 1.29 is 9.59 Å². The molecule has 2 amide bonds. The van der Waals surface area contributed by atoms with Crippen molar-refractivity contribution in [2.24, 2.45) is 0 Å². The Bertz CT molecular complexity index is 455. The van der Waals surface area contributed by atoms with Crippen molar-refractivity contribution in [1.82, 2.24) is 15.6 Å². The van der Waals surface area contributed by atoms with Crippen LogP contribution in [0.2, 0.25) is 0 Å². The average molecular weight is 247 g/mol. The number of carbonyl (C=O) groups is 2. The molecule has 0 aliphatic rings. The van der Waals surface area contributed by atoms with Gasteiger partial charge in [-0.15, -0.1) is 6.58 Å². The van der Waals surface area contributed by atoms with Gasteiger partial charge in [-0.2, -0.15) is 0 Å². The van der Waals surface area contributed by atoms with Crippen molar-refractivity contribution in [3.8, 4) is 0 Å². The van der Waals surface area contributed by atoms with Crippen LogP contribution < -0.4 is 10.6 Å². The Labute approximate surface area is 106 Å². The summed E-state index contributed by atoms with van der Waals surface area (Å²) in [6.45, 7) is 7.62. The molecule has 2 N–H and O–H groups in total.